The first kappa shape index (κ1) is 75.7. The van der Waals surface area contributed by atoms with Crippen molar-refractivity contribution in [3.63, 3.8) is 0 Å². The smallest absolute Gasteiger partial charge is 0.282 e. The molecule has 0 saturated carbocycles. The molecule has 4 aliphatic heterocycles. The van der Waals surface area contributed by atoms with Crippen LogP contribution in [-0.4, -0.2) is 228 Å². The molecule has 0 aliphatic carbocycles. The molecule has 3 N–H and O–H groups in total. The summed E-state index contributed by atoms with van der Waals surface area (Å²) in [6, 6.07) is 24.4. The Kier molecular flexibility index (Phi) is 24.0. The van der Waals surface area contributed by atoms with Crippen molar-refractivity contribution in [2.24, 2.45) is 5.92 Å². The van der Waals surface area contributed by atoms with E-state index in [0.717, 1.165) is 90.8 Å². The van der Waals surface area contributed by atoms with E-state index in [4.69, 9.17) is 9.84 Å². The SMILES string of the molecule is CC(=O)N1CCN(c2cncc(-c3cnc4ccc(C(F)F)nn34)c2)CC1.COCC(=O)N1CCN(c2cc(-c3cnc4ccc(C(F)F)nn34)ccn2)CC1.OCCC1CCN(c2cc(-c3cnc4ccc(C(F)F)nn34)ccn2)CC1.OC[C@@H]1CN(c2cc(-c3cnc4ccc(C(F)F)nn34)ccn2)CCN1. The summed E-state index contributed by atoms with van der Waals surface area (Å²) in [6.45, 7) is 11.1. The van der Waals surface area contributed by atoms with Gasteiger partial charge in [-0.25, -0.2) is 88.1 Å². The second-order valence-corrected chi connectivity index (χ2v) is 26.0. The number of pyridine rings is 4. The van der Waals surface area contributed by atoms with Crippen molar-refractivity contribution in [3.05, 3.63) is 170 Å². The Morgan fingerprint density at radius 2 is 0.872 bits per heavy atom. The highest BCUT2D eigenvalue weighted by atomic mass is 19.3. The van der Waals surface area contributed by atoms with Crippen LogP contribution in [0.15, 0.2) is 147 Å². The fraction of sp³-hybridized carbons (Fsp3) is 0.370. The summed E-state index contributed by atoms with van der Waals surface area (Å²) in [7, 11) is 1.50. The topological polar surface area (TPSA) is 288 Å². The number of amides is 2. The molecule has 0 unspecified atom stereocenters. The predicted octanol–water partition coefficient (Wildman–Crippen LogP) is 9.25. The minimum absolute atomic E-state index is 0.000250. The second-order valence-electron chi connectivity index (χ2n) is 26.0. The number of anilines is 4. The summed E-state index contributed by atoms with van der Waals surface area (Å²) in [5.41, 5.74) is 7.41. The number of alkyl halides is 8. The monoisotopic (exact) mass is 1510 g/mol. The quantitative estimate of drug-likeness (QED) is 0.0716. The molecule has 109 heavy (non-hydrogen) atoms. The standard InChI is InChI=1S/C19H20F2N6O2.C19H21F2N5O.C18H18F2N6O.C17H18F2N6O/c1-29-12-18(28)26-8-6-25(7-9-26)17-10-13(4-5-22-17)15-11-23-16-3-2-14(19(20)21)24-27(15)16;20-19(21)15-1-2-17-23-12-16(26(17)24-15)14-3-7-22-18(11-14)25-8-4-13(5-9-25)6-10-27;1-12(27)24-4-6-25(7-5-24)14-8-13(9-21-10-14)16-11-22-17-3-2-15(18(19)20)23-26(16)17;18-17(19)13-1-2-15-22-8-14(25(15)23-13)11-3-4-21-16(7-11)24-6-5-20-12(9-24)10-26/h2-5,10-11,19H,6-9,12H2,1H3;1-3,7,11-13,19,27H,4-6,8-10H2;2-3,8-11,18H,4-7H2,1H3;1-4,7-8,12,17,20,26H,5-6,9-10H2/t;;;12-/m...0/s1. The van der Waals surface area contributed by atoms with Gasteiger partial charge in [-0.15, -0.1) is 0 Å². The third kappa shape index (κ3) is 17.7. The predicted molar refractivity (Wildman–Crippen MR) is 388 cm³/mol. The summed E-state index contributed by atoms with van der Waals surface area (Å²) >= 11 is 0. The van der Waals surface area contributed by atoms with E-state index in [9.17, 15) is 49.8 Å². The number of nitrogens with one attached hydrogen (secondary N) is 1. The molecule has 4 fully saturated rings. The number of aliphatic hydroxyl groups excluding tert-OH is 2. The highest BCUT2D eigenvalue weighted by molar-refractivity contribution is 5.78. The molecule has 4 saturated heterocycles. The fourth-order valence-electron chi connectivity index (χ4n) is 13.3. The lowest BCUT2D eigenvalue weighted by Crippen LogP contribution is -2.52. The molecule has 570 valence electrons. The van der Waals surface area contributed by atoms with Crippen LogP contribution < -0.4 is 24.9 Å². The van der Waals surface area contributed by atoms with Crippen molar-refractivity contribution in [1.82, 2.24) is 93.4 Å². The van der Waals surface area contributed by atoms with E-state index in [1.54, 1.807) is 85.8 Å². The minimum atomic E-state index is -2.65. The van der Waals surface area contributed by atoms with E-state index >= 15 is 0 Å². The van der Waals surface area contributed by atoms with Crippen molar-refractivity contribution in [1.29, 1.82) is 0 Å². The average molecular weight is 1510 g/mol. The van der Waals surface area contributed by atoms with Crippen LogP contribution in [0.25, 0.3) is 67.6 Å². The molecule has 36 heteroatoms. The molecule has 12 aromatic rings. The van der Waals surface area contributed by atoms with E-state index in [2.05, 4.69) is 85.2 Å². The molecule has 16 heterocycles. The molecule has 28 nitrogen and oxygen atoms in total. The Morgan fingerprint density at radius 1 is 0.468 bits per heavy atom. The number of fused-ring (bicyclic) bond motifs is 4. The normalized spacial score (nSPS) is 15.8. The Balaban J connectivity index is 0.000000128. The van der Waals surface area contributed by atoms with E-state index in [0.29, 0.717) is 110 Å². The summed E-state index contributed by atoms with van der Waals surface area (Å²) < 4.78 is 115. The maximum atomic E-state index is 13.0. The van der Waals surface area contributed by atoms with Gasteiger partial charge in [-0.1, -0.05) is 0 Å². The number of rotatable bonds is 17. The van der Waals surface area contributed by atoms with E-state index in [1.807, 2.05) is 35.2 Å². The van der Waals surface area contributed by atoms with Crippen LogP contribution in [0.2, 0.25) is 0 Å². The number of hydrogen-bond donors (Lipinski definition) is 3. The maximum absolute atomic E-state index is 13.0. The van der Waals surface area contributed by atoms with Gasteiger partial charge in [0.25, 0.3) is 25.7 Å². The lowest BCUT2D eigenvalue weighted by molar-refractivity contribution is -0.135. The number of imidazole rings is 4. The molecule has 0 spiro atoms. The first-order valence-corrected chi connectivity index (χ1v) is 35.2. The van der Waals surface area contributed by atoms with Crippen molar-refractivity contribution in [2.45, 2.75) is 57.9 Å². The number of methoxy groups -OCH3 is 1. The molecule has 4 aliphatic rings. The number of hydrogen-bond acceptors (Lipinski definition) is 22. The largest absolute Gasteiger partial charge is 0.396 e. The number of piperazine rings is 3. The summed E-state index contributed by atoms with van der Waals surface area (Å²) in [4.78, 5) is 70.2. The van der Waals surface area contributed by atoms with Gasteiger partial charge in [0.2, 0.25) is 11.8 Å². The van der Waals surface area contributed by atoms with Crippen LogP contribution in [0.1, 0.15) is 74.7 Å². The Bertz CT molecular complexity index is 5080. The highest BCUT2D eigenvalue weighted by Gasteiger charge is 2.27. The van der Waals surface area contributed by atoms with Gasteiger partial charge in [0.15, 0.2) is 22.6 Å². The summed E-state index contributed by atoms with van der Waals surface area (Å²) in [5, 5.41) is 37.7. The van der Waals surface area contributed by atoms with Gasteiger partial charge in [0, 0.05) is 159 Å². The first-order chi connectivity index (χ1) is 52.9. The number of aromatic nitrogens is 16. The van der Waals surface area contributed by atoms with Crippen molar-refractivity contribution in [3.8, 4) is 45.0 Å². The van der Waals surface area contributed by atoms with Crippen LogP contribution in [0.3, 0.4) is 0 Å². The molecule has 0 radical (unpaired) electrons. The number of aliphatic hydroxyl groups is 2. The van der Waals surface area contributed by atoms with Crippen LogP contribution in [-0.2, 0) is 14.3 Å². The van der Waals surface area contributed by atoms with Crippen molar-refractivity contribution in [2.75, 3.05) is 132 Å². The Hall–Kier alpha value is -11.5. The molecule has 16 rings (SSSR count). The zero-order chi connectivity index (χ0) is 76.2. The van der Waals surface area contributed by atoms with Crippen LogP contribution >= 0.6 is 0 Å². The third-order valence-electron chi connectivity index (χ3n) is 19.2. The lowest BCUT2D eigenvalue weighted by atomic mass is 9.94. The molecule has 0 bridgehead atoms. The van der Waals surface area contributed by atoms with Gasteiger partial charge in [-0.3, -0.25) is 14.6 Å². The number of carbonyl (C=O) groups excluding carboxylic acids is 2. The number of ether oxygens (including phenoxy) is 1. The van der Waals surface area contributed by atoms with Gasteiger partial charge in [0.05, 0.1) is 66.1 Å². The molecule has 12 aromatic heterocycles. The molecular formula is C73H77F8N23O5. The molecule has 0 aromatic carbocycles. The Labute approximate surface area is 618 Å². The van der Waals surface area contributed by atoms with Crippen molar-refractivity contribution < 1.29 is 59.7 Å². The van der Waals surface area contributed by atoms with Gasteiger partial charge in [-0.2, -0.15) is 20.4 Å². The van der Waals surface area contributed by atoms with Crippen LogP contribution in [0.5, 0.6) is 0 Å². The second kappa shape index (κ2) is 34.6. The van der Waals surface area contributed by atoms with E-state index in [1.165, 1.54) is 67.6 Å². The van der Waals surface area contributed by atoms with Crippen LogP contribution in [0, 0.1) is 5.92 Å². The minimum Gasteiger partial charge on any atom is -0.396 e. The van der Waals surface area contributed by atoms with Gasteiger partial charge in [-0.05, 0) is 116 Å². The molecule has 1 atom stereocenters. The van der Waals surface area contributed by atoms with Gasteiger partial charge < -0.3 is 49.7 Å². The summed E-state index contributed by atoms with van der Waals surface area (Å²) in [5.74, 6) is 2.98. The van der Waals surface area contributed by atoms with Crippen LogP contribution in [0.4, 0.5) is 58.3 Å². The maximum Gasteiger partial charge on any atom is 0.282 e. The van der Waals surface area contributed by atoms with Gasteiger partial charge in [0.1, 0.15) is 46.8 Å². The number of carbonyl (C=O) groups is 2. The first-order valence-electron chi connectivity index (χ1n) is 35.2. The van der Waals surface area contributed by atoms with E-state index < -0.39 is 25.7 Å². The lowest BCUT2D eigenvalue weighted by Gasteiger charge is -2.35. The zero-order valence-corrected chi connectivity index (χ0v) is 59.2. The highest BCUT2D eigenvalue weighted by Crippen LogP contribution is 2.33. The Morgan fingerprint density at radius 3 is 1.28 bits per heavy atom. The number of piperidine rings is 1. The average Bonchev–Trinajstić information content (AvgIpc) is 1.70. The summed E-state index contributed by atoms with van der Waals surface area (Å²) in [6.07, 6.45) is 7.30. The number of halogens is 8. The zero-order valence-electron chi connectivity index (χ0n) is 59.2. The third-order valence-corrected chi connectivity index (χ3v) is 19.2. The molecular weight excluding hydrogens is 1430 g/mol. The number of nitrogens with zero attached hydrogens (tertiary/aromatic N) is 22. The van der Waals surface area contributed by atoms with E-state index in [-0.39, 0.29) is 60.5 Å². The molecule has 2 amide bonds. The van der Waals surface area contributed by atoms with Gasteiger partial charge >= 0.3 is 0 Å². The fourth-order valence-corrected chi connectivity index (χ4v) is 13.3. The van der Waals surface area contributed by atoms with Crippen molar-refractivity contribution >= 4 is 57.5 Å².